The fourth-order valence-electron chi connectivity index (χ4n) is 2.57. The molecule has 0 saturated heterocycles. The third kappa shape index (κ3) is 5.97. The molecule has 0 fully saturated rings. The van der Waals surface area contributed by atoms with E-state index in [1.54, 1.807) is 23.3 Å². The molecule has 0 atom stereocenters. The quantitative estimate of drug-likeness (QED) is 0.747. The smallest absolute Gasteiger partial charge is 0.238 e. The summed E-state index contributed by atoms with van der Waals surface area (Å²) in [4.78, 5) is 28.4. The number of anilines is 1. The molecule has 0 aliphatic carbocycles. The van der Waals surface area contributed by atoms with Gasteiger partial charge < -0.3 is 10.6 Å². The Kier molecular flexibility index (Phi) is 7.36. The Morgan fingerprint density at radius 1 is 1.04 bits per heavy atom. The maximum atomic E-state index is 12.2. The van der Waals surface area contributed by atoms with E-state index in [0.29, 0.717) is 6.54 Å². The molecular formula is C20H27N3O2S. The van der Waals surface area contributed by atoms with Crippen molar-refractivity contribution in [2.75, 3.05) is 25.5 Å². The molecule has 1 aromatic heterocycles. The molecule has 0 aliphatic heterocycles. The highest BCUT2D eigenvalue weighted by molar-refractivity contribution is 7.11. The molecule has 0 bridgehead atoms. The zero-order valence-electron chi connectivity index (χ0n) is 15.9. The van der Waals surface area contributed by atoms with E-state index in [4.69, 9.17) is 0 Å². The van der Waals surface area contributed by atoms with Crippen molar-refractivity contribution < 1.29 is 9.59 Å². The van der Waals surface area contributed by atoms with Crippen molar-refractivity contribution in [1.29, 1.82) is 0 Å². The van der Waals surface area contributed by atoms with Gasteiger partial charge in [0.1, 0.15) is 0 Å². The molecule has 2 amide bonds. The Hall–Kier alpha value is -2.18. The van der Waals surface area contributed by atoms with Gasteiger partial charge in [-0.2, -0.15) is 0 Å². The van der Waals surface area contributed by atoms with Gasteiger partial charge in [-0.25, -0.2) is 0 Å². The molecule has 0 unspecified atom stereocenters. The fraction of sp³-hybridized carbons (Fsp3) is 0.400. The van der Waals surface area contributed by atoms with Crippen LogP contribution < -0.4 is 10.6 Å². The van der Waals surface area contributed by atoms with Crippen molar-refractivity contribution in [3.63, 3.8) is 0 Å². The average Bonchev–Trinajstić information content (AvgIpc) is 3.05. The molecule has 0 spiro atoms. The van der Waals surface area contributed by atoms with Crippen molar-refractivity contribution >= 4 is 28.8 Å². The maximum Gasteiger partial charge on any atom is 0.238 e. The van der Waals surface area contributed by atoms with Crippen LogP contribution in [0.4, 0.5) is 5.69 Å². The Morgan fingerprint density at radius 2 is 1.73 bits per heavy atom. The number of amides is 2. The Bertz CT molecular complexity index is 770. The minimum atomic E-state index is -0.125. The van der Waals surface area contributed by atoms with E-state index in [-0.39, 0.29) is 24.9 Å². The first-order valence-corrected chi connectivity index (χ1v) is 9.59. The van der Waals surface area contributed by atoms with Crippen LogP contribution >= 0.6 is 11.3 Å². The predicted octanol–water partition coefficient (Wildman–Crippen LogP) is 3.11. The number of nitrogens with one attached hydrogen (secondary N) is 2. The molecule has 6 heteroatoms. The number of carbonyl (C=O) groups excluding carboxylic acids is 2. The fourth-order valence-corrected chi connectivity index (χ4v) is 3.47. The number of benzene rings is 1. The van der Waals surface area contributed by atoms with Crippen LogP contribution in [-0.4, -0.2) is 36.9 Å². The van der Waals surface area contributed by atoms with Gasteiger partial charge in [-0.15, -0.1) is 11.3 Å². The summed E-state index contributed by atoms with van der Waals surface area (Å²) in [6.07, 6.45) is 1.01. The molecule has 2 aromatic rings. The first kappa shape index (κ1) is 20.1. The molecule has 0 radical (unpaired) electrons. The highest BCUT2D eigenvalue weighted by Gasteiger charge is 2.12. The number of thiophene rings is 1. The van der Waals surface area contributed by atoms with Crippen LogP contribution in [-0.2, 0) is 22.6 Å². The summed E-state index contributed by atoms with van der Waals surface area (Å²) < 4.78 is 0. The van der Waals surface area contributed by atoms with Gasteiger partial charge in [-0.05, 0) is 56.6 Å². The summed E-state index contributed by atoms with van der Waals surface area (Å²) in [7, 11) is 1.77. The molecule has 1 heterocycles. The lowest BCUT2D eigenvalue weighted by atomic mass is 10.1. The van der Waals surface area contributed by atoms with Crippen LogP contribution in [0.15, 0.2) is 30.3 Å². The summed E-state index contributed by atoms with van der Waals surface area (Å²) in [6, 6.07) is 9.96. The van der Waals surface area contributed by atoms with Crippen LogP contribution in [0, 0.1) is 13.8 Å². The molecule has 0 saturated carbocycles. The van der Waals surface area contributed by atoms with E-state index in [1.807, 2.05) is 38.1 Å². The molecular weight excluding hydrogens is 346 g/mol. The van der Waals surface area contributed by atoms with Gasteiger partial charge in [0, 0.05) is 15.4 Å². The van der Waals surface area contributed by atoms with Crippen molar-refractivity contribution in [2.24, 2.45) is 0 Å². The van der Waals surface area contributed by atoms with E-state index < -0.39 is 0 Å². The molecule has 2 N–H and O–H groups in total. The summed E-state index contributed by atoms with van der Waals surface area (Å²) in [5.41, 5.74) is 3.01. The third-order valence-corrected chi connectivity index (χ3v) is 5.46. The van der Waals surface area contributed by atoms with Gasteiger partial charge >= 0.3 is 0 Å². The molecule has 2 rings (SSSR count). The second-order valence-electron chi connectivity index (χ2n) is 6.47. The Balaban J connectivity index is 1.76. The van der Waals surface area contributed by atoms with Gasteiger partial charge in [0.15, 0.2) is 0 Å². The van der Waals surface area contributed by atoms with Gasteiger partial charge in [-0.1, -0.05) is 19.1 Å². The number of likely N-dealkylation sites (N-methyl/N-ethyl adjacent to an activating group) is 1. The largest absolute Gasteiger partial charge is 0.350 e. The van der Waals surface area contributed by atoms with Crippen molar-refractivity contribution in [3.05, 3.63) is 51.2 Å². The van der Waals surface area contributed by atoms with Gasteiger partial charge in [0.25, 0.3) is 0 Å². The SMILES string of the molecule is CCc1ccc(CNC(=O)CN(C)CC(=O)Nc2cccc(C)c2C)s1. The molecule has 26 heavy (non-hydrogen) atoms. The molecule has 140 valence electrons. The Morgan fingerprint density at radius 3 is 2.42 bits per heavy atom. The second kappa shape index (κ2) is 9.50. The standard InChI is InChI=1S/C20H27N3O2S/c1-5-16-9-10-17(26-16)11-21-19(24)12-23(4)13-20(25)22-18-8-6-7-14(2)15(18)3/h6-10H,5,11-13H2,1-4H3,(H,21,24)(H,22,25). The van der Waals surface area contributed by atoms with Crippen LogP contribution in [0.2, 0.25) is 0 Å². The van der Waals surface area contributed by atoms with E-state index in [1.165, 1.54) is 4.88 Å². The van der Waals surface area contributed by atoms with Crippen LogP contribution in [0.25, 0.3) is 0 Å². The van der Waals surface area contributed by atoms with E-state index in [9.17, 15) is 9.59 Å². The van der Waals surface area contributed by atoms with Crippen LogP contribution in [0.1, 0.15) is 27.8 Å². The summed E-state index contributed by atoms with van der Waals surface area (Å²) in [5, 5.41) is 5.82. The van der Waals surface area contributed by atoms with E-state index >= 15 is 0 Å². The van der Waals surface area contributed by atoms with E-state index in [0.717, 1.165) is 28.1 Å². The number of carbonyl (C=O) groups is 2. The highest BCUT2D eigenvalue weighted by Crippen LogP contribution is 2.18. The monoisotopic (exact) mass is 373 g/mol. The topological polar surface area (TPSA) is 61.4 Å². The summed E-state index contributed by atoms with van der Waals surface area (Å²) in [5.74, 6) is -0.210. The van der Waals surface area contributed by atoms with Crippen molar-refractivity contribution in [3.8, 4) is 0 Å². The van der Waals surface area contributed by atoms with Crippen LogP contribution in [0.3, 0.4) is 0 Å². The second-order valence-corrected chi connectivity index (χ2v) is 7.72. The van der Waals surface area contributed by atoms with Crippen molar-refractivity contribution in [2.45, 2.75) is 33.7 Å². The zero-order chi connectivity index (χ0) is 19.1. The number of hydrogen-bond donors (Lipinski definition) is 2. The lowest BCUT2D eigenvalue weighted by Crippen LogP contribution is -2.38. The predicted molar refractivity (Wildman–Crippen MR) is 108 cm³/mol. The molecule has 0 aliphatic rings. The summed E-state index contributed by atoms with van der Waals surface area (Å²) >= 11 is 1.72. The first-order chi connectivity index (χ1) is 12.4. The van der Waals surface area contributed by atoms with Gasteiger partial charge in [0.2, 0.25) is 11.8 Å². The van der Waals surface area contributed by atoms with Crippen molar-refractivity contribution in [1.82, 2.24) is 10.2 Å². The number of rotatable bonds is 8. The first-order valence-electron chi connectivity index (χ1n) is 8.78. The lowest BCUT2D eigenvalue weighted by Gasteiger charge is -2.17. The molecule has 1 aromatic carbocycles. The summed E-state index contributed by atoms with van der Waals surface area (Å²) in [6.45, 7) is 7.00. The number of hydrogen-bond acceptors (Lipinski definition) is 4. The zero-order valence-corrected chi connectivity index (χ0v) is 16.7. The highest BCUT2D eigenvalue weighted by atomic mass is 32.1. The van der Waals surface area contributed by atoms with Crippen LogP contribution in [0.5, 0.6) is 0 Å². The Labute approximate surface area is 159 Å². The van der Waals surface area contributed by atoms with Gasteiger partial charge in [0.05, 0.1) is 19.6 Å². The third-order valence-electron chi connectivity index (χ3n) is 4.23. The normalized spacial score (nSPS) is 10.8. The van der Waals surface area contributed by atoms with Gasteiger partial charge in [-0.3, -0.25) is 14.5 Å². The average molecular weight is 374 g/mol. The lowest BCUT2D eigenvalue weighted by molar-refractivity contribution is -0.123. The number of aryl methyl sites for hydroxylation is 2. The minimum Gasteiger partial charge on any atom is -0.350 e. The minimum absolute atomic E-state index is 0.0847. The van der Waals surface area contributed by atoms with E-state index in [2.05, 4.69) is 23.6 Å². The maximum absolute atomic E-state index is 12.2. The number of nitrogens with zero attached hydrogens (tertiary/aromatic N) is 1. The molecule has 5 nitrogen and oxygen atoms in total.